The summed E-state index contributed by atoms with van der Waals surface area (Å²) in [7, 11) is 2.05. The summed E-state index contributed by atoms with van der Waals surface area (Å²) >= 11 is 0. The highest BCUT2D eigenvalue weighted by Crippen LogP contribution is 2.21. The van der Waals surface area contributed by atoms with Crippen molar-refractivity contribution in [1.82, 2.24) is 5.32 Å². The van der Waals surface area contributed by atoms with Crippen LogP contribution >= 0.6 is 0 Å². The first-order valence-electron chi connectivity index (χ1n) is 7.08. The van der Waals surface area contributed by atoms with Crippen LogP contribution in [0.15, 0.2) is 30.3 Å². The van der Waals surface area contributed by atoms with E-state index in [1.807, 2.05) is 7.05 Å². The molecule has 0 saturated carbocycles. The van der Waals surface area contributed by atoms with Gasteiger partial charge in [0.2, 0.25) is 0 Å². The summed E-state index contributed by atoms with van der Waals surface area (Å²) in [6.45, 7) is 3.37. The van der Waals surface area contributed by atoms with Crippen LogP contribution < -0.4 is 5.32 Å². The monoisotopic (exact) mass is 233 g/mol. The molecule has 0 saturated heterocycles. The Morgan fingerprint density at radius 1 is 1.00 bits per heavy atom. The second kappa shape index (κ2) is 9.23. The zero-order valence-electron chi connectivity index (χ0n) is 11.4. The topological polar surface area (TPSA) is 12.0 Å². The van der Waals surface area contributed by atoms with Crippen LogP contribution in [-0.2, 0) is 0 Å². The molecule has 17 heavy (non-hydrogen) atoms. The molecule has 0 radical (unpaired) electrons. The van der Waals surface area contributed by atoms with Gasteiger partial charge in [-0.25, -0.2) is 0 Å². The quantitative estimate of drug-likeness (QED) is 0.625. The fourth-order valence-corrected chi connectivity index (χ4v) is 2.35. The standard InChI is InChI=1S/C16H27N/c1-3-4-5-6-8-13-16(14-17-2)15-11-9-7-10-12-15/h7,9-12,16-17H,3-6,8,13-14H2,1-2H3. The third kappa shape index (κ3) is 5.88. The van der Waals surface area contributed by atoms with E-state index in [0.717, 1.165) is 6.54 Å². The van der Waals surface area contributed by atoms with Gasteiger partial charge in [-0.15, -0.1) is 0 Å². The second-order valence-corrected chi connectivity index (χ2v) is 4.87. The second-order valence-electron chi connectivity index (χ2n) is 4.87. The third-order valence-electron chi connectivity index (χ3n) is 3.38. The Kier molecular flexibility index (Phi) is 7.74. The van der Waals surface area contributed by atoms with Crippen LogP contribution in [0.25, 0.3) is 0 Å². The van der Waals surface area contributed by atoms with Crippen molar-refractivity contribution in [2.75, 3.05) is 13.6 Å². The molecule has 0 aromatic heterocycles. The van der Waals surface area contributed by atoms with E-state index >= 15 is 0 Å². The number of unbranched alkanes of at least 4 members (excludes halogenated alkanes) is 4. The van der Waals surface area contributed by atoms with Gasteiger partial charge >= 0.3 is 0 Å². The number of benzene rings is 1. The van der Waals surface area contributed by atoms with Crippen molar-refractivity contribution in [3.05, 3.63) is 35.9 Å². The van der Waals surface area contributed by atoms with E-state index in [1.165, 1.54) is 44.1 Å². The molecule has 1 unspecified atom stereocenters. The molecule has 1 rings (SSSR count). The fraction of sp³-hybridized carbons (Fsp3) is 0.625. The lowest BCUT2D eigenvalue weighted by molar-refractivity contribution is 0.527. The molecule has 1 atom stereocenters. The lowest BCUT2D eigenvalue weighted by Gasteiger charge is -2.16. The third-order valence-corrected chi connectivity index (χ3v) is 3.38. The Bertz CT molecular complexity index is 268. The van der Waals surface area contributed by atoms with Crippen molar-refractivity contribution < 1.29 is 0 Å². The molecule has 0 heterocycles. The molecular weight excluding hydrogens is 206 g/mol. The molecule has 0 fully saturated rings. The Labute approximate surface area is 107 Å². The maximum Gasteiger partial charge on any atom is 0.00171 e. The molecule has 0 spiro atoms. The van der Waals surface area contributed by atoms with Crippen LogP contribution in [0.1, 0.15) is 56.9 Å². The van der Waals surface area contributed by atoms with Gasteiger partial charge in [0.25, 0.3) is 0 Å². The molecule has 1 heteroatoms. The SMILES string of the molecule is CCCCCCCC(CNC)c1ccccc1. The van der Waals surface area contributed by atoms with Crippen molar-refractivity contribution in [3.63, 3.8) is 0 Å². The average molecular weight is 233 g/mol. The maximum atomic E-state index is 3.32. The van der Waals surface area contributed by atoms with E-state index in [9.17, 15) is 0 Å². The summed E-state index contributed by atoms with van der Waals surface area (Å²) in [6.07, 6.45) is 8.19. The van der Waals surface area contributed by atoms with Crippen molar-refractivity contribution in [3.8, 4) is 0 Å². The van der Waals surface area contributed by atoms with Crippen molar-refractivity contribution in [1.29, 1.82) is 0 Å². The summed E-state index contributed by atoms with van der Waals surface area (Å²) in [6, 6.07) is 10.9. The lowest BCUT2D eigenvalue weighted by atomic mass is 9.93. The van der Waals surface area contributed by atoms with Gasteiger partial charge in [-0.3, -0.25) is 0 Å². The highest BCUT2D eigenvalue weighted by molar-refractivity contribution is 5.19. The maximum absolute atomic E-state index is 3.32. The van der Waals surface area contributed by atoms with E-state index in [1.54, 1.807) is 0 Å². The fourth-order valence-electron chi connectivity index (χ4n) is 2.35. The van der Waals surface area contributed by atoms with Crippen molar-refractivity contribution in [2.45, 2.75) is 51.4 Å². The first kappa shape index (κ1) is 14.2. The summed E-state index contributed by atoms with van der Waals surface area (Å²) in [5.74, 6) is 0.683. The van der Waals surface area contributed by atoms with E-state index in [4.69, 9.17) is 0 Å². The van der Waals surface area contributed by atoms with Crippen LogP contribution in [-0.4, -0.2) is 13.6 Å². The zero-order valence-corrected chi connectivity index (χ0v) is 11.4. The molecule has 0 aliphatic rings. The number of hydrogen-bond donors (Lipinski definition) is 1. The van der Waals surface area contributed by atoms with Gasteiger partial charge in [-0.1, -0.05) is 69.4 Å². The van der Waals surface area contributed by atoms with Crippen LogP contribution in [0.3, 0.4) is 0 Å². The predicted octanol–water partition coefficient (Wildman–Crippen LogP) is 4.35. The number of hydrogen-bond acceptors (Lipinski definition) is 1. The minimum absolute atomic E-state index is 0.683. The molecule has 1 aromatic rings. The number of likely N-dealkylation sites (N-methyl/N-ethyl adjacent to an activating group) is 1. The van der Waals surface area contributed by atoms with Crippen molar-refractivity contribution in [2.24, 2.45) is 0 Å². The van der Waals surface area contributed by atoms with Gasteiger partial charge in [0.05, 0.1) is 0 Å². The zero-order chi connectivity index (χ0) is 12.3. The van der Waals surface area contributed by atoms with Crippen LogP contribution in [0.2, 0.25) is 0 Å². The van der Waals surface area contributed by atoms with Crippen LogP contribution in [0, 0.1) is 0 Å². The molecule has 1 N–H and O–H groups in total. The predicted molar refractivity (Wildman–Crippen MR) is 76.5 cm³/mol. The van der Waals surface area contributed by atoms with E-state index in [-0.39, 0.29) is 0 Å². The van der Waals surface area contributed by atoms with Gasteiger partial charge in [0.1, 0.15) is 0 Å². The lowest BCUT2D eigenvalue weighted by Crippen LogP contribution is -2.17. The Hall–Kier alpha value is -0.820. The van der Waals surface area contributed by atoms with E-state index in [2.05, 4.69) is 42.6 Å². The summed E-state index contributed by atoms with van der Waals surface area (Å²) in [4.78, 5) is 0. The van der Waals surface area contributed by atoms with Gasteiger partial charge in [-0.2, -0.15) is 0 Å². The van der Waals surface area contributed by atoms with Gasteiger partial charge in [-0.05, 0) is 24.9 Å². The first-order valence-corrected chi connectivity index (χ1v) is 7.08. The van der Waals surface area contributed by atoms with Crippen LogP contribution in [0.4, 0.5) is 0 Å². The largest absolute Gasteiger partial charge is 0.319 e. The van der Waals surface area contributed by atoms with Crippen LogP contribution in [0.5, 0.6) is 0 Å². The van der Waals surface area contributed by atoms with Crippen molar-refractivity contribution >= 4 is 0 Å². The molecule has 0 aliphatic carbocycles. The smallest absolute Gasteiger partial charge is 0.00171 e. The molecular formula is C16H27N. The highest BCUT2D eigenvalue weighted by atomic mass is 14.8. The molecule has 96 valence electrons. The Balaban J connectivity index is 2.33. The average Bonchev–Trinajstić information content (AvgIpc) is 2.38. The van der Waals surface area contributed by atoms with Gasteiger partial charge in [0, 0.05) is 6.54 Å². The van der Waals surface area contributed by atoms with Gasteiger partial charge in [0.15, 0.2) is 0 Å². The Morgan fingerprint density at radius 3 is 2.35 bits per heavy atom. The van der Waals surface area contributed by atoms with Gasteiger partial charge < -0.3 is 5.32 Å². The minimum Gasteiger partial charge on any atom is -0.319 e. The van der Waals surface area contributed by atoms with E-state index in [0.29, 0.717) is 5.92 Å². The highest BCUT2D eigenvalue weighted by Gasteiger charge is 2.09. The van der Waals surface area contributed by atoms with E-state index < -0.39 is 0 Å². The molecule has 1 nitrogen and oxygen atoms in total. The molecule has 0 aliphatic heterocycles. The molecule has 0 amide bonds. The first-order chi connectivity index (χ1) is 8.38. The number of nitrogens with one attached hydrogen (secondary N) is 1. The normalized spacial score (nSPS) is 12.6. The minimum atomic E-state index is 0.683. The summed E-state index contributed by atoms with van der Waals surface area (Å²) in [5.41, 5.74) is 1.48. The Morgan fingerprint density at radius 2 is 1.71 bits per heavy atom. The summed E-state index contributed by atoms with van der Waals surface area (Å²) in [5, 5.41) is 3.32. The summed E-state index contributed by atoms with van der Waals surface area (Å²) < 4.78 is 0. The molecule has 0 bridgehead atoms. The molecule has 1 aromatic carbocycles. The number of rotatable bonds is 9.